The van der Waals surface area contributed by atoms with Gasteiger partial charge in [-0.15, -0.1) is 0 Å². The molecule has 2 nitrogen and oxygen atoms in total. The lowest BCUT2D eigenvalue weighted by atomic mass is 10.2. The summed E-state index contributed by atoms with van der Waals surface area (Å²) in [6.45, 7) is -2.32. The fourth-order valence-electron chi connectivity index (χ4n) is 0.959. The summed E-state index contributed by atoms with van der Waals surface area (Å²) in [5, 5.41) is 4.47. The Labute approximate surface area is 75.0 Å². The molecule has 0 unspecified atom stereocenters. The quantitative estimate of drug-likeness (QED) is 0.593. The lowest BCUT2D eigenvalue weighted by molar-refractivity contribution is 0.797. The molecular formula is C8H7ClN2. The lowest BCUT2D eigenvalue weighted by Crippen LogP contribution is -1.87. The van der Waals surface area contributed by atoms with Crippen molar-refractivity contribution in [3.8, 4) is 0 Å². The average molecular weight is 171 g/mol. The van der Waals surface area contributed by atoms with Crippen molar-refractivity contribution in [2.45, 2.75) is 0 Å². The second-order valence-electron chi connectivity index (χ2n) is 2.15. The molecule has 0 atom stereocenters. The van der Waals surface area contributed by atoms with Gasteiger partial charge in [-0.2, -0.15) is 5.10 Å². The van der Waals surface area contributed by atoms with Gasteiger partial charge in [0.2, 0.25) is 0 Å². The van der Waals surface area contributed by atoms with Crippen molar-refractivity contribution in [3.05, 3.63) is 29.4 Å². The number of rotatable bonds is 0. The van der Waals surface area contributed by atoms with E-state index in [1.807, 2.05) is 0 Å². The van der Waals surface area contributed by atoms with E-state index in [0.717, 1.165) is 4.68 Å². The highest BCUT2D eigenvalue weighted by atomic mass is 35.5. The average Bonchev–Trinajstić information content (AvgIpc) is 2.54. The third kappa shape index (κ3) is 0.906. The first-order valence-electron chi connectivity index (χ1n) is 5.04. The maximum absolute atomic E-state index is 7.46. The second-order valence-corrected chi connectivity index (χ2v) is 2.52. The fraction of sp³-hybridized carbons (Fsp3) is 0.125. The minimum atomic E-state index is -2.32. The van der Waals surface area contributed by atoms with Crippen molar-refractivity contribution >= 4 is 22.5 Å². The smallest absolute Gasteiger partial charge is 0.0694 e. The highest BCUT2D eigenvalue weighted by molar-refractivity contribution is 6.35. The summed E-state index contributed by atoms with van der Waals surface area (Å²) in [4.78, 5) is 0. The van der Waals surface area contributed by atoms with Gasteiger partial charge in [-0.05, 0) is 12.1 Å². The molecule has 1 aromatic carbocycles. The molecule has 56 valence electrons. The molecule has 0 N–H and O–H groups in total. The zero-order valence-electron chi connectivity index (χ0n) is 9.50. The van der Waals surface area contributed by atoms with E-state index in [1.165, 1.54) is 18.3 Å². The number of nitrogens with zero attached hydrogens (tertiary/aromatic N) is 2. The molecule has 0 saturated carbocycles. The number of hydrogen-bond donors (Lipinski definition) is 0. The van der Waals surface area contributed by atoms with Crippen LogP contribution in [0.15, 0.2) is 24.4 Å². The first-order chi connectivity index (χ1) is 6.91. The molecule has 0 aliphatic rings. The molecule has 1 aromatic heterocycles. The number of aromatic nitrogens is 2. The van der Waals surface area contributed by atoms with Crippen LogP contribution < -0.4 is 0 Å². The summed E-state index contributed by atoms with van der Waals surface area (Å²) >= 11 is 5.86. The molecule has 0 spiro atoms. The standard InChI is InChI=1S/C8H7ClN2/c1-11-8-4-2-3-7(9)6(8)5-10-11/h2-5H,1H3/i1D3,3D. The van der Waals surface area contributed by atoms with Gasteiger partial charge >= 0.3 is 0 Å². The molecule has 0 amide bonds. The van der Waals surface area contributed by atoms with E-state index in [9.17, 15) is 0 Å². The Morgan fingerprint density at radius 3 is 3.55 bits per heavy atom. The molecule has 0 fully saturated rings. The van der Waals surface area contributed by atoms with Crippen LogP contribution in [0.5, 0.6) is 0 Å². The number of halogens is 1. The molecule has 0 radical (unpaired) electrons. The van der Waals surface area contributed by atoms with Crippen LogP contribution >= 0.6 is 11.6 Å². The van der Waals surface area contributed by atoms with Crippen molar-refractivity contribution in [1.29, 1.82) is 0 Å². The Morgan fingerprint density at radius 1 is 1.82 bits per heavy atom. The second kappa shape index (κ2) is 2.24. The number of aryl methyl sites for hydroxylation is 1. The van der Waals surface area contributed by atoms with Crippen LogP contribution in [0.25, 0.3) is 10.9 Å². The zero-order valence-corrected chi connectivity index (χ0v) is 6.26. The van der Waals surface area contributed by atoms with Gasteiger partial charge in [0.1, 0.15) is 0 Å². The number of benzene rings is 1. The first kappa shape index (κ1) is 3.59. The molecule has 2 aromatic rings. The molecule has 0 aliphatic carbocycles. The monoisotopic (exact) mass is 170 g/mol. The van der Waals surface area contributed by atoms with Crippen LogP contribution in [0.4, 0.5) is 0 Å². The third-order valence-corrected chi connectivity index (χ3v) is 1.81. The summed E-state index contributed by atoms with van der Waals surface area (Å²) in [7, 11) is 0. The fourth-order valence-corrected chi connectivity index (χ4v) is 1.17. The van der Waals surface area contributed by atoms with Crippen LogP contribution in [0.2, 0.25) is 5.02 Å². The highest BCUT2D eigenvalue weighted by Gasteiger charge is 2.00. The highest BCUT2D eigenvalue weighted by Crippen LogP contribution is 2.21. The minimum absolute atomic E-state index is 0.161. The summed E-state index contributed by atoms with van der Waals surface area (Å²) in [6.07, 6.45) is 1.36. The van der Waals surface area contributed by atoms with Crippen molar-refractivity contribution in [1.82, 2.24) is 9.78 Å². The van der Waals surface area contributed by atoms with Gasteiger partial charge in [0.25, 0.3) is 0 Å². The van der Waals surface area contributed by atoms with Crippen molar-refractivity contribution < 1.29 is 5.48 Å². The molecular weight excluding hydrogens is 160 g/mol. The van der Waals surface area contributed by atoms with E-state index < -0.39 is 6.98 Å². The zero-order chi connectivity index (χ0) is 11.2. The largest absolute Gasteiger partial charge is 0.268 e. The van der Waals surface area contributed by atoms with Gasteiger partial charge < -0.3 is 0 Å². The Hall–Kier alpha value is -1.02. The van der Waals surface area contributed by atoms with Gasteiger partial charge in [0.05, 0.1) is 18.1 Å². The van der Waals surface area contributed by atoms with E-state index in [-0.39, 0.29) is 11.1 Å². The predicted octanol–water partition coefficient (Wildman–Crippen LogP) is 2.23. The van der Waals surface area contributed by atoms with Gasteiger partial charge in [-0.3, -0.25) is 4.68 Å². The van der Waals surface area contributed by atoms with Crippen molar-refractivity contribution in [2.24, 2.45) is 6.98 Å². The summed E-state index contributed by atoms with van der Waals surface area (Å²) in [6, 6.07) is 3.14. The van der Waals surface area contributed by atoms with E-state index in [2.05, 4.69) is 5.10 Å². The Morgan fingerprint density at radius 2 is 2.73 bits per heavy atom. The molecule has 0 aliphatic heterocycles. The van der Waals surface area contributed by atoms with E-state index in [1.54, 1.807) is 0 Å². The SMILES string of the molecule is [2H]c1ccc2c(cnn2C([2H])([2H])[2H])c1Cl. The minimum Gasteiger partial charge on any atom is -0.268 e. The maximum atomic E-state index is 7.46. The maximum Gasteiger partial charge on any atom is 0.0694 e. The van der Waals surface area contributed by atoms with Crippen molar-refractivity contribution in [3.63, 3.8) is 0 Å². The molecule has 2 rings (SSSR count). The Balaban J connectivity index is 2.78. The molecule has 3 heteroatoms. The Bertz CT molecular complexity index is 517. The Kier molecular flexibility index (Phi) is 0.730. The lowest BCUT2D eigenvalue weighted by Gasteiger charge is -1.93. The van der Waals surface area contributed by atoms with Crippen LogP contribution in [0.3, 0.4) is 0 Å². The molecule has 1 heterocycles. The van der Waals surface area contributed by atoms with Gasteiger partial charge in [0, 0.05) is 16.5 Å². The number of fused-ring (bicyclic) bond motifs is 1. The van der Waals surface area contributed by atoms with E-state index in [4.69, 9.17) is 17.1 Å². The predicted molar refractivity (Wildman–Crippen MR) is 45.7 cm³/mol. The van der Waals surface area contributed by atoms with Crippen LogP contribution in [0, 0.1) is 0 Å². The van der Waals surface area contributed by atoms with E-state index in [0.29, 0.717) is 10.9 Å². The van der Waals surface area contributed by atoms with Gasteiger partial charge in [-0.1, -0.05) is 17.7 Å². The van der Waals surface area contributed by atoms with Crippen LogP contribution in [-0.2, 0) is 6.98 Å². The van der Waals surface area contributed by atoms with Gasteiger partial charge in [0.15, 0.2) is 0 Å². The molecule has 0 bridgehead atoms. The summed E-state index contributed by atoms with van der Waals surface area (Å²) in [5.41, 5.74) is 0.413. The molecule has 11 heavy (non-hydrogen) atoms. The molecule has 0 saturated heterocycles. The topological polar surface area (TPSA) is 17.8 Å². The van der Waals surface area contributed by atoms with Crippen LogP contribution in [-0.4, -0.2) is 9.78 Å². The van der Waals surface area contributed by atoms with E-state index >= 15 is 0 Å². The first-order valence-corrected chi connectivity index (χ1v) is 3.42. The summed E-state index contributed by atoms with van der Waals surface area (Å²) < 4.78 is 30.1. The van der Waals surface area contributed by atoms with Crippen molar-refractivity contribution in [2.75, 3.05) is 0 Å². The normalized spacial score (nSPS) is 17.2. The van der Waals surface area contributed by atoms with Crippen LogP contribution in [0.1, 0.15) is 5.48 Å². The summed E-state index contributed by atoms with van der Waals surface area (Å²) in [5.74, 6) is 0. The van der Waals surface area contributed by atoms with Gasteiger partial charge in [-0.25, -0.2) is 0 Å². The third-order valence-electron chi connectivity index (χ3n) is 1.49. The number of hydrogen-bond acceptors (Lipinski definition) is 1.